The highest BCUT2D eigenvalue weighted by Gasteiger charge is 2.11. The summed E-state index contributed by atoms with van der Waals surface area (Å²) in [5, 5.41) is 3.29. The van der Waals surface area contributed by atoms with Crippen LogP contribution in [0.5, 0.6) is 5.88 Å². The highest BCUT2D eigenvalue weighted by atomic mass is 16.5. The molecule has 6 nitrogen and oxygen atoms in total. The van der Waals surface area contributed by atoms with E-state index in [1.54, 1.807) is 0 Å². The average Bonchev–Trinajstić information content (AvgIpc) is 2.91. The van der Waals surface area contributed by atoms with Crippen LogP contribution in [0.15, 0.2) is 18.6 Å². The van der Waals surface area contributed by atoms with E-state index in [0.29, 0.717) is 12.5 Å². The number of hydrogen-bond acceptors (Lipinski definition) is 5. The molecule has 3 heterocycles. The third-order valence-electron chi connectivity index (χ3n) is 3.58. The molecule has 0 amide bonds. The second kappa shape index (κ2) is 6.56. The summed E-state index contributed by atoms with van der Waals surface area (Å²) in [5.74, 6) is 2.63. The van der Waals surface area contributed by atoms with Crippen molar-refractivity contribution in [3.63, 3.8) is 0 Å². The highest BCUT2D eigenvalue weighted by molar-refractivity contribution is 5.37. The summed E-state index contributed by atoms with van der Waals surface area (Å²) in [6.45, 7) is 4.46. The number of aromatic nitrogens is 4. The number of rotatable bonds is 6. The van der Waals surface area contributed by atoms with Crippen LogP contribution in [0.1, 0.15) is 31.3 Å². The molecule has 3 rings (SSSR count). The molecule has 1 aliphatic rings. The topological polar surface area (TPSA) is 64.9 Å². The zero-order valence-corrected chi connectivity index (χ0v) is 12.4. The van der Waals surface area contributed by atoms with Crippen LogP contribution in [0.25, 0.3) is 0 Å². The van der Waals surface area contributed by atoms with Gasteiger partial charge < -0.3 is 14.6 Å². The van der Waals surface area contributed by atoms with Crippen molar-refractivity contribution in [1.29, 1.82) is 0 Å². The van der Waals surface area contributed by atoms with Crippen molar-refractivity contribution in [2.24, 2.45) is 0 Å². The van der Waals surface area contributed by atoms with Crippen molar-refractivity contribution < 1.29 is 4.74 Å². The Morgan fingerprint density at radius 1 is 1.33 bits per heavy atom. The van der Waals surface area contributed by atoms with E-state index >= 15 is 0 Å². The molecule has 0 bridgehead atoms. The van der Waals surface area contributed by atoms with E-state index in [1.165, 1.54) is 25.0 Å². The summed E-state index contributed by atoms with van der Waals surface area (Å²) in [7, 11) is 0. The SMILES string of the molecule is CCOc1cc(NCCc2cn3c(n2)CCCC3)ncn1. The van der Waals surface area contributed by atoms with E-state index in [-0.39, 0.29) is 0 Å². The summed E-state index contributed by atoms with van der Waals surface area (Å²) in [6.07, 6.45) is 8.23. The molecule has 0 aliphatic carbocycles. The van der Waals surface area contributed by atoms with Gasteiger partial charge in [-0.25, -0.2) is 15.0 Å². The van der Waals surface area contributed by atoms with Gasteiger partial charge in [-0.3, -0.25) is 0 Å². The maximum Gasteiger partial charge on any atom is 0.218 e. The highest BCUT2D eigenvalue weighted by Crippen LogP contribution is 2.15. The van der Waals surface area contributed by atoms with Crippen molar-refractivity contribution in [3.05, 3.63) is 30.1 Å². The lowest BCUT2D eigenvalue weighted by Crippen LogP contribution is -2.08. The lowest BCUT2D eigenvalue weighted by Gasteiger charge is -2.11. The minimum absolute atomic E-state index is 0.604. The number of nitrogens with one attached hydrogen (secondary N) is 1. The summed E-state index contributed by atoms with van der Waals surface area (Å²) >= 11 is 0. The van der Waals surface area contributed by atoms with Crippen molar-refractivity contribution in [3.8, 4) is 5.88 Å². The van der Waals surface area contributed by atoms with E-state index in [1.807, 2.05) is 13.0 Å². The molecule has 0 spiro atoms. The molecule has 0 fully saturated rings. The molecule has 2 aromatic heterocycles. The van der Waals surface area contributed by atoms with Gasteiger partial charge >= 0.3 is 0 Å². The molecule has 0 unspecified atom stereocenters. The Balaban J connectivity index is 1.53. The third-order valence-corrected chi connectivity index (χ3v) is 3.58. The first-order valence-electron chi connectivity index (χ1n) is 7.59. The van der Waals surface area contributed by atoms with Gasteiger partial charge in [-0.15, -0.1) is 0 Å². The number of ether oxygens (including phenoxy) is 1. The fraction of sp³-hybridized carbons (Fsp3) is 0.533. The Bertz CT molecular complexity index is 572. The molecule has 0 saturated heterocycles. The van der Waals surface area contributed by atoms with Crippen LogP contribution in [0.4, 0.5) is 5.82 Å². The molecular formula is C15H21N5O. The van der Waals surface area contributed by atoms with Gasteiger partial charge in [-0.1, -0.05) is 0 Å². The maximum atomic E-state index is 5.36. The van der Waals surface area contributed by atoms with Crippen LogP contribution >= 0.6 is 0 Å². The van der Waals surface area contributed by atoms with E-state index in [2.05, 4.69) is 26.0 Å². The number of hydrogen-bond donors (Lipinski definition) is 1. The fourth-order valence-electron chi connectivity index (χ4n) is 2.57. The van der Waals surface area contributed by atoms with Crippen molar-refractivity contribution in [1.82, 2.24) is 19.5 Å². The zero-order chi connectivity index (χ0) is 14.5. The summed E-state index contributed by atoms with van der Waals surface area (Å²) in [6, 6.07) is 1.82. The largest absolute Gasteiger partial charge is 0.478 e. The molecule has 0 radical (unpaired) electrons. The normalized spacial score (nSPS) is 13.8. The predicted molar refractivity (Wildman–Crippen MR) is 80.6 cm³/mol. The first-order chi connectivity index (χ1) is 10.3. The zero-order valence-electron chi connectivity index (χ0n) is 12.4. The number of anilines is 1. The standard InChI is InChI=1S/C15H21N5O/c1-2-21-15-9-13(17-11-18-15)16-7-6-12-10-20-8-4-3-5-14(20)19-12/h9-11H,2-8H2,1H3,(H,16,17,18). The van der Waals surface area contributed by atoms with Gasteiger partial charge in [0.15, 0.2) is 0 Å². The van der Waals surface area contributed by atoms with E-state index in [0.717, 1.165) is 37.4 Å². The fourth-order valence-corrected chi connectivity index (χ4v) is 2.57. The third kappa shape index (κ3) is 3.51. The Labute approximate surface area is 124 Å². The molecule has 0 saturated carbocycles. The van der Waals surface area contributed by atoms with Crippen LogP contribution < -0.4 is 10.1 Å². The lowest BCUT2D eigenvalue weighted by molar-refractivity contribution is 0.326. The van der Waals surface area contributed by atoms with E-state index < -0.39 is 0 Å². The number of fused-ring (bicyclic) bond motifs is 1. The average molecular weight is 287 g/mol. The lowest BCUT2D eigenvalue weighted by atomic mass is 10.2. The first-order valence-corrected chi connectivity index (χ1v) is 7.59. The second-order valence-electron chi connectivity index (χ2n) is 5.15. The molecule has 6 heteroatoms. The van der Waals surface area contributed by atoms with E-state index in [9.17, 15) is 0 Å². The van der Waals surface area contributed by atoms with Gasteiger partial charge in [-0.2, -0.15) is 0 Å². The molecule has 0 atom stereocenters. The monoisotopic (exact) mass is 287 g/mol. The van der Waals surface area contributed by atoms with Crippen LogP contribution in [0.2, 0.25) is 0 Å². The Morgan fingerprint density at radius 3 is 3.14 bits per heavy atom. The van der Waals surface area contributed by atoms with Gasteiger partial charge in [0.1, 0.15) is 18.0 Å². The van der Waals surface area contributed by atoms with E-state index in [4.69, 9.17) is 9.72 Å². The van der Waals surface area contributed by atoms with Gasteiger partial charge in [0.2, 0.25) is 5.88 Å². The summed E-state index contributed by atoms with van der Waals surface area (Å²) in [4.78, 5) is 12.9. The van der Waals surface area contributed by atoms with Crippen molar-refractivity contribution >= 4 is 5.82 Å². The predicted octanol–water partition coefficient (Wildman–Crippen LogP) is 2.06. The quantitative estimate of drug-likeness (QED) is 0.881. The molecule has 21 heavy (non-hydrogen) atoms. The van der Waals surface area contributed by atoms with Crippen molar-refractivity contribution in [2.75, 3.05) is 18.5 Å². The minimum atomic E-state index is 0.604. The number of aryl methyl sites for hydroxylation is 2. The van der Waals surface area contributed by atoms with Gasteiger partial charge in [0.05, 0.1) is 12.3 Å². The molecule has 1 aliphatic heterocycles. The summed E-state index contributed by atoms with van der Waals surface area (Å²) < 4.78 is 7.65. The maximum absolute atomic E-state index is 5.36. The van der Waals surface area contributed by atoms with Crippen LogP contribution in [0.3, 0.4) is 0 Å². The number of imidazole rings is 1. The smallest absolute Gasteiger partial charge is 0.218 e. The van der Waals surface area contributed by atoms with Gasteiger partial charge in [-0.05, 0) is 19.8 Å². The van der Waals surface area contributed by atoms with Gasteiger partial charge in [0.25, 0.3) is 0 Å². The van der Waals surface area contributed by atoms with Gasteiger partial charge in [0, 0.05) is 38.2 Å². The molecule has 112 valence electrons. The Kier molecular flexibility index (Phi) is 4.33. The molecule has 2 aromatic rings. The first kappa shape index (κ1) is 13.9. The molecule has 1 N–H and O–H groups in total. The van der Waals surface area contributed by atoms with Crippen molar-refractivity contribution in [2.45, 2.75) is 39.2 Å². The number of nitrogens with zero attached hydrogens (tertiary/aromatic N) is 4. The Hall–Kier alpha value is -2.11. The van der Waals surface area contributed by atoms with Crippen LogP contribution in [0, 0.1) is 0 Å². The van der Waals surface area contributed by atoms with Crippen LogP contribution in [-0.2, 0) is 19.4 Å². The van der Waals surface area contributed by atoms with Crippen LogP contribution in [-0.4, -0.2) is 32.7 Å². The molecule has 0 aromatic carbocycles. The second-order valence-corrected chi connectivity index (χ2v) is 5.15. The minimum Gasteiger partial charge on any atom is -0.478 e. The Morgan fingerprint density at radius 2 is 2.29 bits per heavy atom. The molecular weight excluding hydrogens is 266 g/mol. The summed E-state index contributed by atoms with van der Waals surface area (Å²) in [5.41, 5.74) is 1.15.